The van der Waals surface area contributed by atoms with E-state index in [0.717, 1.165) is 25.9 Å². The van der Waals surface area contributed by atoms with Gasteiger partial charge in [0.15, 0.2) is 0 Å². The highest BCUT2D eigenvalue weighted by molar-refractivity contribution is 5.85. The second kappa shape index (κ2) is 5.48. The van der Waals surface area contributed by atoms with Crippen LogP contribution in [0.3, 0.4) is 0 Å². The lowest BCUT2D eigenvalue weighted by molar-refractivity contribution is -0.138. The van der Waals surface area contributed by atoms with Gasteiger partial charge in [-0.1, -0.05) is 6.42 Å². The van der Waals surface area contributed by atoms with Gasteiger partial charge in [-0.15, -0.1) is 0 Å². The van der Waals surface area contributed by atoms with E-state index in [1.165, 1.54) is 6.42 Å². The third-order valence-corrected chi connectivity index (χ3v) is 3.61. The molecule has 0 unspecified atom stereocenters. The quantitative estimate of drug-likeness (QED) is 0.772. The van der Waals surface area contributed by atoms with Gasteiger partial charge in [0.2, 0.25) is 0 Å². The zero-order valence-corrected chi connectivity index (χ0v) is 10.1. The molecule has 17 heavy (non-hydrogen) atoms. The Labute approximate surface area is 102 Å². The molecule has 1 amide bonds. The van der Waals surface area contributed by atoms with E-state index >= 15 is 0 Å². The lowest BCUT2D eigenvalue weighted by Crippen LogP contribution is -2.52. The zero-order chi connectivity index (χ0) is 12.1. The highest BCUT2D eigenvalue weighted by Gasteiger charge is 2.41. The zero-order valence-electron chi connectivity index (χ0n) is 10.1. The van der Waals surface area contributed by atoms with Crippen molar-refractivity contribution in [3.63, 3.8) is 0 Å². The van der Waals surface area contributed by atoms with E-state index < -0.39 is 5.41 Å². The number of carbonyl (C=O) groups is 1. The Morgan fingerprint density at radius 3 is 2.47 bits per heavy atom. The number of rotatable bonds is 2. The van der Waals surface area contributed by atoms with Gasteiger partial charge in [-0.25, -0.2) is 5.01 Å². The van der Waals surface area contributed by atoms with Crippen LogP contribution in [0.15, 0.2) is 0 Å². The predicted octanol–water partition coefficient (Wildman–Crippen LogP) is 0.824. The van der Waals surface area contributed by atoms with Gasteiger partial charge in [0.25, 0.3) is 5.91 Å². The van der Waals surface area contributed by atoms with Gasteiger partial charge < -0.3 is 4.74 Å². The molecular weight excluding hydrogens is 218 g/mol. The molecule has 2 aliphatic rings. The van der Waals surface area contributed by atoms with Crippen molar-refractivity contribution in [2.75, 3.05) is 26.3 Å². The van der Waals surface area contributed by atoms with Crippen LogP contribution in [0.5, 0.6) is 0 Å². The number of nitrogens with zero attached hydrogens (tertiary/aromatic N) is 2. The van der Waals surface area contributed by atoms with E-state index in [4.69, 9.17) is 4.74 Å². The Bertz CT molecular complexity index is 312. The minimum absolute atomic E-state index is 0.148. The first-order valence-electron chi connectivity index (χ1n) is 6.32. The van der Waals surface area contributed by atoms with E-state index in [2.05, 4.69) is 11.5 Å². The second-order valence-electron chi connectivity index (χ2n) is 4.79. The molecule has 2 heterocycles. The Balaban J connectivity index is 1.94. The van der Waals surface area contributed by atoms with Crippen molar-refractivity contribution in [3.8, 4) is 6.07 Å². The van der Waals surface area contributed by atoms with Crippen LogP contribution in [0.1, 0.15) is 32.1 Å². The summed E-state index contributed by atoms with van der Waals surface area (Å²) in [6.45, 7) is 2.79. The molecule has 0 aromatic rings. The molecule has 2 aliphatic heterocycles. The summed E-state index contributed by atoms with van der Waals surface area (Å²) in [7, 11) is 0. The lowest BCUT2D eigenvalue weighted by Gasteiger charge is -2.33. The SMILES string of the molecule is N#CC1(C(=O)NN2CCCCC2)CCOCC1. The number of hydrogen-bond acceptors (Lipinski definition) is 4. The molecule has 0 atom stereocenters. The molecule has 0 spiro atoms. The van der Waals surface area contributed by atoms with Crippen LogP contribution < -0.4 is 5.43 Å². The maximum absolute atomic E-state index is 12.2. The third-order valence-electron chi connectivity index (χ3n) is 3.61. The maximum atomic E-state index is 12.2. The Morgan fingerprint density at radius 1 is 1.24 bits per heavy atom. The summed E-state index contributed by atoms with van der Waals surface area (Å²) in [5, 5.41) is 11.2. The minimum Gasteiger partial charge on any atom is -0.381 e. The largest absolute Gasteiger partial charge is 0.381 e. The first kappa shape index (κ1) is 12.3. The molecule has 94 valence electrons. The number of nitrogens with one attached hydrogen (secondary N) is 1. The molecule has 1 N–H and O–H groups in total. The smallest absolute Gasteiger partial charge is 0.254 e. The van der Waals surface area contributed by atoms with Crippen LogP contribution >= 0.6 is 0 Å². The number of hydrogen-bond donors (Lipinski definition) is 1. The number of hydrazine groups is 1. The van der Waals surface area contributed by atoms with Crippen molar-refractivity contribution in [1.82, 2.24) is 10.4 Å². The van der Waals surface area contributed by atoms with Crippen molar-refractivity contribution in [3.05, 3.63) is 0 Å². The highest BCUT2D eigenvalue weighted by atomic mass is 16.5. The first-order chi connectivity index (χ1) is 8.27. The van der Waals surface area contributed by atoms with Crippen molar-refractivity contribution in [2.24, 2.45) is 5.41 Å². The van der Waals surface area contributed by atoms with E-state index in [1.807, 2.05) is 5.01 Å². The highest BCUT2D eigenvalue weighted by Crippen LogP contribution is 2.30. The molecule has 5 nitrogen and oxygen atoms in total. The van der Waals surface area contributed by atoms with Gasteiger partial charge >= 0.3 is 0 Å². The van der Waals surface area contributed by atoms with Crippen molar-refractivity contribution in [2.45, 2.75) is 32.1 Å². The second-order valence-corrected chi connectivity index (χ2v) is 4.79. The molecule has 0 aromatic heterocycles. The van der Waals surface area contributed by atoms with Gasteiger partial charge in [0.1, 0.15) is 5.41 Å². The standard InChI is InChI=1S/C12H19N3O2/c13-10-12(4-8-17-9-5-12)11(16)14-15-6-2-1-3-7-15/h1-9H2,(H,14,16). The molecule has 0 saturated carbocycles. The van der Waals surface area contributed by atoms with Crippen LogP contribution in [-0.4, -0.2) is 37.2 Å². The van der Waals surface area contributed by atoms with E-state index in [0.29, 0.717) is 26.1 Å². The average molecular weight is 237 g/mol. The Hall–Kier alpha value is -1.12. The molecule has 2 fully saturated rings. The summed E-state index contributed by atoms with van der Waals surface area (Å²) >= 11 is 0. The van der Waals surface area contributed by atoms with E-state index in [1.54, 1.807) is 0 Å². The van der Waals surface area contributed by atoms with Crippen LogP contribution in [-0.2, 0) is 9.53 Å². The minimum atomic E-state index is -0.879. The van der Waals surface area contributed by atoms with Crippen LogP contribution in [0.4, 0.5) is 0 Å². The number of nitriles is 1. The maximum Gasteiger partial charge on any atom is 0.254 e. The van der Waals surface area contributed by atoms with Crippen LogP contribution in [0.2, 0.25) is 0 Å². The Morgan fingerprint density at radius 2 is 1.88 bits per heavy atom. The molecule has 5 heteroatoms. The fourth-order valence-corrected chi connectivity index (χ4v) is 2.37. The predicted molar refractivity (Wildman–Crippen MR) is 61.7 cm³/mol. The van der Waals surface area contributed by atoms with Crippen LogP contribution in [0.25, 0.3) is 0 Å². The summed E-state index contributed by atoms with van der Waals surface area (Å²) in [5.74, 6) is -0.148. The van der Waals surface area contributed by atoms with Crippen molar-refractivity contribution in [1.29, 1.82) is 5.26 Å². The summed E-state index contributed by atoms with van der Waals surface area (Å²) in [6.07, 6.45) is 4.46. The molecule has 2 rings (SSSR count). The molecule has 0 aliphatic carbocycles. The number of ether oxygens (including phenoxy) is 1. The van der Waals surface area contributed by atoms with E-state index in [-0.39, 0.29) is 5.91 Å². The van der Waals surface area contributed by atoms with Gasteiger partial charge in [-0.3, -0.25) is 10.2 Å². The lowest BCUT2D eigenvalue weighted by atomic mass is 9.81. The summed E-state index contributed by atoms with van der Waals surface area (Å²) in [6, 6.07) is 2.19. The fraction of sp³-hybridized carbons (Fsp3) is 0.833. The number of amides is 1. The van der Waals surface area contributed by atoms with Crippen molar-refractivity contribution >= 4 is 5.91 Å². The van der Waals surface area contributed by atoms with E-state index in [9.17, 15) is 10.1 Å². The van der Waals surface area contributed by atoms with Gasteiger partial charge in [0.05, 0.1) is 6.07 Å². The fourth-order valence-electron chi connectivity index (χ4n) is 2.37. The molecule has 2 saturated heterocycles. The number of piperidine rings is 1. The first-order valence-corrected chi connectivity index (χ1v) is 6.32. The Kier molecular flexibility index (Phi) is 3.97. The van der Waals surface area contributed by atoms with Gasteiger partial charge in [0, 0.05) is 26.3 Å². The van der Waals surface area contributed by atoms with Gasteiger partial charge in [-0.05, 0) is 25.7 Å². The third kappa shape index (κ3) is 2.76. The van der Waals surface area contributed by atoms with Gasteiger partial charge in [-0.2, -0.15) is 5.26 Å². The average Bonchev–Trinajstić information content (AvgIpc) is 2.40. The summed E-state index contributed by atoms with van der Waals surface area (Å²) in [5.41, 5.74) is 2.02. The topological polar surface area (TPSA) is 65.4 Å². The normalized spacial score (nSPS) is 24.9. The monoisotopic (exact) mass is 237 g/mol. The summed E-state index contributed by atoms with van der Waals surface area (Å²) in [4.78, 5) is 12.2. The molecule has 0 bridgehead atoms. The van der Waals surface area contributed by atoms with Crippen LogP contribution in [0, 0.1) is 16.7 Å². The summed E-state index contributed by atoms with van der Waals surface area (Å²) < 4.78 is 5.22. The molecule has 0 radical (unpaired) electrons. The molecular formula is C12H19N3O2. The molecule has 0 aromatic carbocycles. The van der Waals surface area contributed by atoms with Crippen molar-refractivity contribution < 1.29 is 9.53 Å². The number of carbonyl (C=O) groups excluding carboxylic acids is 1.